The highest BCUT2D eigenvalue weighted by atomic mass is 15.0. The predicted octanol–water partition coefficient (Wildman–Crippen LogP) is 0.661. The standard InChI is InChI=1S/C4H6N2.C2H3N/c1-2-5-4-6-3-1;1-2-3/h1-3,5H,4H2;1H3. The van der Waals surface area contributed by atoms with Crippen LogP contribution in [0, 0.1) is 11.3 Å². The van der Waals surface area contributed by atoms with E-state index in [4.69, 9.17) is 5.26 Å². The van der Waals surface area contributed by atoms with Crippen LogP contribution in [0.25, 0.3) is 0 Å². The van der Waals surface area contributed by atoms with Crippen LogP contribution in [-0.4, -0.2) is 12.9 Å². The lowest BCUT2D eigenvalue weighted by atomic mass is 10.6. The van der Waals surface area contributed by atoms with Gasteiger partial charge in [-0.3, -0.25) is 4.99 Å². The number of nitrogens with one attached hydrogen (secondary N) is 1. The van der Waals surface area contributed by atoms with E-state index < -0.39 is 0 Å². The monoisotopic (exact) mass is 123 g/mol. The van der Waals surface area contributed by atoms with Gasteiger partial charge < -0.3 is 5.32 Å². The van der Waals surface area contributed by atoms with Crippen molar-refractivity contribution in [3.05, 3.63) is 12.3 Å². The Bertz CT molecular complexity index is 129. The van der Waals surface area contributed by atoms with Crippen molar-refractivity contribution in [3.8, 4) is 6.07 Å². The van der Waals surface area contributed by atoms with Crippen LogP contribution in [0.2, 0.25) is 0 Å². The highest BCUT2D eigenvalue weighted by Crippen LogP contribution is 1.71. The number of nitrogens with zero attached hydrogens (tertiary/aromatic N) is 2. The molecule has 1 aliphatic rings. The molecule has 9 heavy (non-hydrogen) atoms. The van der Waals surface area contributed by atoms with Gasteiger partial charge in [-0.05, 0) is 12.3 Å². The fourth-order valence-electron chi connectivity index (χ4n) is 0.330. The zero-order chi connectivity index (χ0) is 6.95. The Labute approximate surface area is 54.7 Å². The summed E-state index contributed by atoms with van der Waals surface area (Å²) in [7, 11) is 0. The van der Waals surface area contributed by atoms with Crippen molar-refractivity contribution in [2.75, 3.05) is 6.67 Å². The molecule has 1 heterocycles. The second-order valence-electron chi connectivity index (χ2n) is 1.28. The molecular formula is C6H9N3. The van der Waals surface area contributed by atoms with Crippen molar-refractivity contribution >= 4 is 6.21 Å². The molecule has 0 saturated carbocycles. The maximum atomic E-state index is 7.32. The predicted molar refractivity (Wildman–Crippen MR) is 36.9 cm³/mol. The van der Waals surface area contributed by atoms with Crippen LogP contribution in [0.4, 0.5) is 0 Å². The van der Waals surface area contributed by atoms with Gasteiger partial charge in [0.1, 0.15) is 6.67 Å². The van der Waals surface area contributed by atoms with Crippen molar-refractivity contribution in [3.63, 3.8) is 0 Å². The summed E-state index contributed by atoms with van der Waals surface area (Å²) in [5.74, 6) is 0. The van der Waals surface area contributed by atoms with E-state index in [0.717, 1.165) is 6.67 Å². The second kappa shape index (κ2) is 6.70. The molecule has 1 rings (SSSR count). The van der Waals surface area contributed by atoms with Crippen molar-refractivity contribution < 1.29 is 0 Å². The second-order valence-corrected chi connectivity index (χ2v) is 1.28. The van der Waals surface area contributed by atoms with E-state index in [9.17, 15) is 0 Å². The molecule has 1 N–H and O–H groups in total. The van der Waals surface area contributed by atoms with Crippen molar-refractivity contribution in [2.24, 2.45) is 4.99 Å². The van der Waals surface area contributed by atoms with E-state index in [2.05, 4.69) is 10.3 Å². The summed E-state index contributed by atoms with van der Waals surface area (Å²) in [6.45, 7) is 2.16. The minimum absolute atomic E-state index is 0.733. The molecule has 0 aliphatic carbocycles. The molecule has 0 atom stereocenters. The summed E-state index contributed by atoms with van der Waals surface area (Å²) in [4.78, 5) is 3.85. The quantitative estimate of drug-likeness (QED) is 0.514. The summed E-state index contributed by atoms with van der Waals surface area (Å²) in [5.41, 5.74) is 0. The SMILES string of the molecule is C1=CNCN=C1.CC#N. The first-order chi connectivity index (χ1) is 4.41. The van der Waals surface area contributed by atoms with Gasteiger partial charge in [0.25, 0.3) is 0 Å². The molecule has 0 aromatic carbocycles. The lowest BCUT2D eigenvalue weighted by molar-refractivity contribution is 0.879. The van der Waals surface area contributed by atoms with Crippen LogP contribution in [-0.2, 0) is 0 Å². The van der Waals surface area contributed by atoms with Crippen molar-refractivity contribution in [1.29, 1.82) is 5.26 Å². The molecule has 48 valence electrons. The summed E-state index contributed by atoms with van der Waals surface area (Å²) >= 11 is 0. The first kappa shape index (κ1) is 7.70. The van der Waals surface area contributed by atoms with Gasteiger partial charge >= 0.3 is 0 Å². The third-order valence-corrected chi connectivity index (χ3v) is 0.588. The molecule has 0 spiro atoms. The smallest absolute Gasteiger partial charge is 0.107 e. The van der Waals surface area contributed by atoms with E-state index in [1.165, 1.54) is 6.92 Å². The molecule has 0 saturated heterocycles. The molecule has 0 amide bonds. The Hall–Kier alpha value is -1.30. The van der Waals surface area contributed by atoms with Gasteiger partial charge in [-0.15, -0.1) is 0 Å². The number of hydrogen-bond donors (Lipinski definition) is 1. The molecule has 1 aliphatic heterocycles. The van der Waals surface area contributed by atoms with Gasteiger partial charge in [0.15, 0.2) is 0 Å². The van der Waals surface area contributed by atoms with Gasteiger partial charge in [-0.25, -0.2) is 0 Å². The molecule has 0 unspecified atom stereocenters. The molecule has 3 heteroatoms. The summed E-state index contributed by atoms with van der Waals surface area (Å²) in [5, 5.41) is 10.2. The number of nitriles is 1. The lowest BCUT2D eigenvalue weighted by Gasteiger charge is -1.94. The van der Waals surface area contributed by atoms with Crippen LogP contribution >= 0.6 is 0 Å². The van der Waals surface area contributed by atoms with E-state index in [-0.39, 0.29) is 0 Å². The van der Waals surface area contributed by atoms with Crippen molar-refractivity contribution in [2.45, 2.75) is 6.92 Å². The Morgan fingerprint density at radius 1 is 1.78 bits per heavy atom. The largest absolute Gasteiger partial charge is 0.372 e. The van der Waals surface area contributed by atoms with Gasteiger partial charge in [-0.1, -0.05) is 0 Å². The lowest BCUT2D eigenvalue weighted by Crippen LogP contribution is -2.06. The average molecular weight is 123 g/mol. The zero-order valence-electron chi connectivity index (χ0n) is 5.33. The van der Waals surface area contributed by atoms with Crippen LogP contribution in [0.3, 0.4) is 0 Å². The van der Waals surface area contributed by atoms with E-state index in [0.29, 0.717) is 0 Å². The maximum Gasteiger partial charge on any atom is 0.107 e. The van der Waals surface area contributed by atoms with Crippen LogP contribution in [0.5, 0.6) is 0 Å². The summed E-state index contributed by atoms with van der Waals surface area (Å²) < 4.78 is 0. The molecule has 0 aromatic rings. The number of aliphatic imine (C=N–C) groups is 1. The number of rotatable bonds is 0. The van der Waals surface area contributed by atoms with Gasteiger partial charge in [-0.2, -0.15) is 5.26 Å². The zero-order valence-corrected chi connectivity index (χ0v) is 5.33. The minimum atomic E-state index is 0.733. The normalized spacial score (nSPS) is 12.4. The molecule has 0 radical (unpaired) electrons. The minimum Gasteiger partial charge on any atom is -0.372 e. The third-order valence-electron chi connectivity index (χ3n) is 0.588. The van der Waals surface area contributed by atoms with E-state index in [1.54, 1.807) is 12.3 Å². The summed E-state index contributed by atoms with van der Waals surface area (Å²) in [6, 6.07) is 1.75. The van der Waals surface area contributed by atoms with Gasteiger partial charge in [0.05, 0.1) is 6.07 Å². The molecular weight excluding hydrogens is 114 g/mol. The molecule has 0 bridgehead atoms. The fraction of sp³-hybridized carbons (Fsp3) is 0.333. The summed E-state index contributed by atoms with van der Waals surface area (Å²) in [6.07, 6.45) is 5.51. The highest BCUT2D eigenvalue weighted by molar-refractivity contribution is 5.71. The topological polar surface area (TPSA) is 48.2 Å². The van der Waals surface area contributed by atoms with Gasteiger partial charge in [0, 0.05) is 13.1 Å². The van der Waals surface area contributed by atoms with Crippen LogP contribution in [0.15, 0.2) is 17.3 Å². The Morgan fingerprint density at radius 3 is 2.56 bits per heavy atom. The Kier molecular flexibility index (Phi) is 5.73. The van der Waals surface area contributed by atoms with E-state index in [1.807, 2.05) is 12.3 Å². The third kappa shape index (κ3) is 6.70. The highest BCUT2D eigenvalue weighted by Gasteiger charge is 1.73. The Balaban J connectivity index is 0.000000187. The maximum absolute atomic E-state index is 7.32. The van der Waals surface area contributed by atoms with E-state index >= 15 is 0 Å². The Morgan fingerprint density at radius 2 is 2.44 bits per heavy atom. The first-order valence-corrected chi connectivity index (χ1v) is 2.61. The molecule has 0 aromatic heterocycles. The first-order valence-electron chi connectivity index (χ1n) is 2.61. The van der Waals surface area contributed by atoms with Crippen LogP contribution < -0.4 is 5.32 Å². The fourth-order valence-corrected chi connectivity index (χ4v) is 0.330. The number of hydrogen-bond acceptors (Lipinski definition) is 3. The number of allylic oxidation sites excluding steroid dienone is 1. The van der Waals surface area contributed by atoms with Gasteiger partial charge in [0.2, 0.25) is 0 Å². The van der Waals surface area contributed by atoms with Crippen molar-refractivity contribution in [1.82, 2.24) is 5.32 Å². The molecule has 3 nitrogen and oxygen atoms in total. The average Bonchev–Trinajstić information content (AvgIpc) is 1.93. The molecule has 0 fully saturated rings. The van der Waals surface area contributed by atoms with Crippen LogP contribution in [0.1, 0.15) is 6.92 Å².